The van der Waals surface area contributed by atoms with Crippen LogP contribution in [0, 0.1) is 6.92 Å². The Balaban J connectivity index is 2.43. The number of aryl methyl sites for hydroxylation is 1. The monoisotopic (exact) mass is 265 g/mol. The van der Waals surface area contributed by atoms with E-state index in [4.69, 9.17) is 4.74 Å². The maximum atomic E-state index is 11.2. The van der Waals surface area contributed by atoms with Crippen molar-refractivity contribution in [2.24, 2.45) is 0 Å². The number of hydrogen-bond acceptors (Lipinski definition) is 5. The zero-order valence-electron chi connectivity index (χ0n) is 12.2. The van der Waals surface area contributed by atoms with E-state index in [0.717, 1.165) is 23.8 Å². The van der Waals surface area contributed by atoms with E-state index in [9.17, 15) is 4.79 Å². The highest BCUT2D eigenvalue weighted by atomic mass is 16.5. The van der Waals surface area contributed by atoms with Crippen LogP contribution in [0.4, 0.5) is 5.82 Å². The molecule has 5 nitrogen and oxygen atoms in total. The summed E-state index contributed by atoms with van der Waals surface area (Å²) < 4.78 is 4.87. The first kappa shape index (κ1) is 15.4. The summed E-state index contributed by atoms with van der Waals surface area (Å²) in [6, 6.07) is 1.91. The summed E-state index contributed by atoms with van der Waals surface area (Å²) in [5.41, 5.74) is 0.951. The van der Waals surface area contributed by atoms with Crippen molar-refractivity contribution in [3.8, 4) is 0 Å². The zero-order chi connectivity index (χ0) is 14.3. The summed E-state index contributed by atoms with van der Waals surface area (Å²) in [5.74, 6) is 1.82. The van der Waals surface area contributed by atoms with Crippen LogP contribution in [-0.2, 0) is 9.53 Å². The van der Waals surface area contributed by atoms with Gasteiger partial charge in [0.1, 0.15) is 11.6 Å². The highest BCUT2D eigenvalue weighted by molar-refractivity contribution is 5.69. The fraction of sp³-hybridized carbons (Fsp3) is 0.643. The van der Waals surface area contributed by atoms with E-state index in [0.29, 0.717) is 25.5 Å². The van der Waals surface area contributed by atoms with E-state index in [2.05, 4.69) is 29.1 Å². The molecule has 19 heavy (non-hydrogen) atoms. The number of nitrogens with one attached hydrogen (secondary N) is 1. The normalized spacial score (nSPS) is 10.6. The molecule has 0 bridgehead atoms. The Kier molecular flexibility index (Phi) is 6.25. The van der Waals surface area contributed by atoms with Gasteiger partial charge < -0.3 is 10.1 Å². The van der Waals surface area contributed by atoms with Crippen molar-refractivity contribution in [3.63, 3.8) is 0 Å². The van der Waals surface area contributed by atoms with Crippen LogP contribution in [0.1, 0.15) is 51.0 Å². The van der Waals surface area contributed by atoms with E-state index in [-0.39, 0.29) is 5.97 Å². The molecule has 0 aliphatic rings. The van der Waals surface area contributed by atoms with Gasteiger partial charge in [-0.1, -0.05) is 13.8 Å². The van der Waals surface area contributed by atoms with E-state index in [1.165, 1.54) is 0 Å². The third-order valence-electron chi connectivity index (χ3n) is 2.56. The number of esters is 1. The van der Waals surface area contributed by atoms with Crippen molar-refractivity contribution in [3.05, 3.63) is 17.6 Å². The van der Waals surface area contributed by atoms with E-state index in [1.54, 1.807) is 0 Å². The first-order valence-electron chi connectivity index (χ1n) is 6.78. The predicted octanol–water partition coefficient (Wildman–Crippen LogP) is 2.66. The van der Waals surface area contributed by atoms with E-state index < -0.39 is 0 Å². The molecule has 1 rings (SSSR count). The summed E-state index contributed by atoms with van der Waals surface area (Å²) >= 11 is 0. The number of ether oxygens (including phenoxy) is 1. The minimum absolute atomic E-state index is 0.147. The maximum Gasteiger partial charge on any atom is 0.305 e. The molecule has 106 valence electrons. The molecule has 0 saturated carbocycles. The Morgan fingerprint density at radius 2 is 2.16 bits per heavy atom. The minimum Gasteiger partial charge on any atom is -0.466 e. The van der Waals surface area contributed by atoms with Gasteiger partial charge in [-0.05, 0) is 20.3 Å². The average molecular weight is 265 g/mol. The molecule has 0 aliphatic carbocycles. The lowest BCUT2D eigenvalue weighted by molar-refractivity contribution is -0.143. The second kappa shape index (κ2) is 7.71. The molecule has 0 fully saturated rings. The highest BCUT2D eigenvalue weighted by Crippen LogP contribution is 2.13. The number of carbonyl (C=O) groups excluding carboxylic acids is 1. The third-order valence-corrected chi connectivity index (χ3v) is 2.56. The fourth-order valence-corrected chi connectivity index (χ4v) is 1.62. The zero-order valence-corrected chi connectivity index (χ0v) is 12.2. The number of carbonyl (C=O) groups is 1. The highest BCUT2D eigenvalue weighted by Gasteiger charge is 2.06. The molecular formula is C14H23N3O2. The van der Waals surface area contributed by atoms with Gasteiger partial charge in [-0.2, -0.15) is 0 Å². The van der Waals surface area contributed by atoms with Crippen LogP contribution >= 0.6 is 0 Å². The lowest BCUT2D eigenvalue weighted by Gasteiger charge is -2.10. The summed E-state index contributed by atoms with van der Waals surface area (Å²) in [6.45, 7) is 9.05. The van der Waals surface area contributed by atoms with Gasteiger partial charge in [-0.3, -0.25) is 4.79 Å². The molecule has 1 aromatic heterocycles. The molecule has 0 atom stereocenters. The number of nitrogens with zero attached hydrogens (tertiary/aromatic N) is 2. The van der Waals surface area contributed by atoms with Gasteiger partial charge >= 0.3 is 5.97 Å². The number of aromatic nitrogens is 2. The number of anilines is 1. The van der Waals surface area contributed by atoms with Crippen molar-refractivity contribution in [1.82, 2.24) is 9.97 Å². The van der Waals surface area contributed by atoms with Gasteiger partial charge in [-0.25, -0.2) is 9.97 Å². The van der Waals surface area contributed by atoms with Crippen molar-refractivity contribution in [2.45, 2.75) is 46.5 Å². The molecule has 0 amide bonds. The largest absolute Gasteiger partial charge is 0.466 e. The number of rotatable bonds is 7. The van der Waals surface area contributed by atoms with Gasteiger partial charge in [-0.15, -0.1) is 0 Å². The topological polar surface area (TPSA) is 64.1 Å². The smallest absolute Gasteiger partial charge is 0.305 e. The van der Waals surface area contributed by atoms with E-state index >= 15 is 0 Å². The second-order valence-electron chi connectivity index (χ2n) is 4.74. The Morgan fingerprint density at radius 1 is 1.42 bits per heavy atom. The second-order valence-corrected chi connectivity index (χ2v) is 4.74. The molecule has 0 aliphatic heterocycles. The quantitative estimate of drug-likeness (QED) is 0.606. The SMILES string of the molecule is CCOC(=O)CCCNc1cc(C)nc(C(C)C)n1. The number of hydrogen-bond donors (Lipinski definition) is 1. The first-order chi connectivity index (χ1) is 9.02. The lowest BCUT2D eigenvalue weighted by Crippen LogP contribution is -2.10. The van der Waals surface area contributed by atoms with Gasteiger partial charge in [0.05, 0.1) is 6.61 Å². The Morgan fingerprint density at radius 3 is 2.79 bits per heavy atom. The van der Waals surface area contributed by atoms with Gasteiger partial charge in [0.25, 0.3) is 0 Å². The van der Waals surface area contributed by atoms with Crippen molar-refractivity contribution in [1.29, 1.82) is 0 Å². The Hall–Kier alpha value is -1.65. The van der Waals surface area contributed by atoms with Crippen LogP contribution in [0.15, 0.2) is 6.07 Å². The van der Waals surface area contributed by atoms with Gasteiger partial charge in [0.2, 0.25) is 0 Å². The maximum absolute atomic E-state index is 11.2. The van der Waals surface area contributed by atoms with Crippen molar-refractivity contribution < 1.29 is 9.53 Å². The minimum atomic E-state index is -0.147. The van der Waals surface area contributed by atoms with Crippen LogP contribution in [0.2, 0.25) is 0 Å². The molecule has 0 unspecified atom stereocenters. The summed E-state index contributed by atoms with van der Waals surface area (Å²) in [7, 11) is 0. The standard InChI is InChI=1S/C14H23N3O2/c1-5-19-13(18)7-6-8-15-12-9-11(4)16-14(17-12)10(2)3/h9-10H,5-8H2,1-4H3,(H,15,16,17). The Labute approximate surface area is 114 Å². The molecular weight excluding hydrogens is 242 g/mol. The molecule has 0 radical (unpaired) electrons. The molecule has 5 heteroatoms. The first-order valence-corrected chi connectivity index (χ1v) is 6.78. The van der Waals surface area contributed by atoms with Crippen LogP contribution in [0.5, 0.6) is 0 Å². The molecule has 1 aromatic rings. The Bertz CT molecular complexity index is 419. The lowest BCUT2D eigenvalue weighted by atomic mass is 10.2. The van der Waals surface area contributed by atoms with Crippen molar-refractivity contribution in [2.75, 3.05) is 18.5 Å². The summed E-state index contributed by atoms with van der Waals surface area (Å²) in [6.07, 6.45) is 1.17. The molecule has 1 N–H and O–H groups in total. The van der Waals surface area contributed by atoms with Crippen LogP contribution in [0.3, 0.4) is 0 Å². The summed E-state index contributed by atoms with van der Waals surface area (Å²) in [4.78, 5) is 20.0. The molecule has 0 saturated heterocycles. The summed E-state index contributed by atoms with van der Waals surface area (Å²) in [5, 5.41) is 3.22. The molecule has 0 aromatic carbocycles. The predicted molar refractivity (Wildman–Crippen MR) is 75.2 cm³/mol. The van der Waals surface area contributed by atoms with Gasteiger partial charge in [0, 0.05) is 30.6 Å². The molecule has 1 heterocycles. The third kappa shape index (κ3) is 5.68. The average Bonchev–Trinajstić information content (AvgIpc) is 2.34. The van der Waals surface area contributed by atoms with Crippen LogP contribution in [-0.4, -0.2) is 29.1 Å². The van der Waals surface area contributed by atoms with Crippen LogP contribution in [0.25, 0.3) is 0 Å². The van der Waals surface area contributed by atoms with Crippen LogP contribution < -0.4 is 5.32 Å². The van der Waals surface area contributed by atoms with Gasteiger partial charge in [0.15, 0.2) is 0 Å². The molecule has 0 spiro atoms. The van der Waals surface area contributed by atoms with E-state index in [1.807, 2.05) is 19.9 Å². The fourth-order valence-electron chi connectivity index (χ4n) is 1.62. The van der Waals surface area contributed by atoms with Crippen molar-refractivity contribution >= 4 is 11.8 Å².